The van der Waals surface area contributed by atoms with E-state index in [1.807, 2.05) is 18.2 Å². The Morgan fingerprint density at radius 3 is 2.06 bits per heavy atom. The van der Waals surface area contributed by atoms with Crippen molar-refractivity contribution >= 4 is 28.5 Å². The van der Waals surface area contributed by atoms with Gasteiger partial charge in [-0.25, -0.2) is 9.59 Å². The fraction of sp³-hybridized carbons (Fsp3) is 0.308. The quantitative estimate of drug-likeness (QED) is 0.434. The molecule has 1 aliphatic carbocycles. The van der Waals surface area contributed by atoms with Gasteiger partial charge in [-0.3, -0.25) is 0 Å². The van der Waals surface area contributed by atoms with Gasteiger partial charge >= 0.3 is 11.9 Å². The van der Waals surface area contributed by atoms with E-state index in [1.165, 1.54) is 32.1 Å². The summed E-state index contributed by atoms with van der Waals surface area (Å²) in [6.45, 7) is 2.29. The molecule has 1 aliphatic rings. The highest BCUT2D eigenvalue weighted by atomic mass is 16.4. The van der Waals surface area contributed by atoms with Gasteiger partial charge in [-0.15, -0.1) is 10.2 Å². The number of carboxylic acid groups (broad SMARTS) is 2. The summed E-state index contributed by atoms with van der Waals surface area (Å²) in [5, 5.41) is 30.7. The van der Waals surface area contributed by atoms with Crippen LogP contribution in [0.5, 0.6) is 0 Å². The molecule has 0 unspecified atom stereocenters. The molecule has 1 saturated carbocycles. The Morgan fingerprint density at radius 1 is 0.879 bits per heavy atom. The molecule has 3 N–H and O–H groups in total. The van der Waals surface area contributed by atoms with Gasteiger partial charge in [0.05, 0.1) is 0 Å². The van der Waals surface area contributed by atoms with Crippen LogP contribution in [0, 0.1) is 5.92 Å². The zero-order valence-electron chi connectivity index (χ0n) is 18.6. The molecule has 3 aromatic rings. The Kier molecular flexibility index (Phi) is 8.52. The minimum atomic E-state index is -1.26. The molecule has 1 heterocycles. The van der Waals surface area contributed by atoms with Gasteiger partial charge in [-0.05, 0) is 25.7 Å². The molecule has 1 aromatic heterocycles. The maximum atomic E-state index is 9.55. The van der Waals surface area contributed by atoms with Crippen LogP contribution in [0.3, 0.4) is 0 Å². The maximum absolute atomic E-state index is 9.55. The third kappa shape index (κ3) is 6.87. The summed E-state index contributed by atoms with van der Waals surface area (Å²) in [5.74, 6) is -0.865. The number of aliphatic carboxylic acids is 2. The minimum Gasteiger partial charge on any atom is -0.478 e. The monoisotopic (exact) mass is 447 g/mol. The molecule has 172 valence electrons. The van der Waals surface area contributed by atoms with Gasteiger partial charge in [-0.2, -0.15) is 0 Å². The lowest BCUT2D eigenvalue weighted by Crippen LogP contribution is -2.28. The molecule has 0 amide bonds. The van der Waals surface area contributed by atoms with Gasteiger partial charge in [0, 0.05) is 34.5 Å². The standard InChI is InChI=1S/C22H25N3.C4H4O4/c1-16(17-10-4-2-5-11-17)23-22-20-15-9-8-14-19(20)21(24-25-22)18-12-6-3-7-13-18;5-3(6)1-2-4(7)8/h3,6-9,12-17H,2,4-5,10-11H2,1H3,(H,23,25);1-2H,(H,5,6)(H,7,8)/b;2-1+/t16-;/m1./s1. The zero-order chi connectivity index (χ0) is 23.6. The molecule has 1 atom stereocenters. The molecular formula is C26H29N3O4. The molecule has 0 spiro atoms. The molecular weight excluding hydrogens is 418 g/mol. The second-order valence-electron chi connectivity index (χ2n) is 8.15. The molecule has 0 aliphatic heterocycles. The van der Waals surface area contributed by atoms with E-state index in [0.717, 1.165) is 33.8 Å². The first kappa shape index (κ1) is 23.9. The van der Waals surface area contributed by atoms with Crippen LogP contribution in [0.4, 0.5) is 5.82 Å². The molecule has 0 bridgehead atoms. The summed E-state index contributed by atoms with van der Waals surface area (Å²) in [6.07, 6.45) is 7.86. The van der Waals surface area contributed by atoms with E-state index >= 15 is 0 Å². The Labute approximate surface area is 193 Å². The lowest BCUT2D eigenvalue weighted by atomic mass is 9.84. The SMILES string of the molecule is C[C@@H](Nc1nnc(-c2ccccc2)c2ccccc12)C1CCCCC1.O=C(O)/C=C/C(=O)O. The number of carbonyl (C=O) groups is 2. The zero-order valence-corrected chi connectivity index (χ0v) is 18.6. The number of hydrogen-bond donors (Lipinski definition) is 3. The van der Waals surface area contributed by atoms with Crippen molar-refractivity contribution in [1.29, 1.82) is 0 Å². The first-order chi connectivity index (χ1) is 16.0. The molecule has 1 fully saturated rings. The molecule has 33 heavy (non-hydrogen) atoms. The largest absolute Gasteiger partial charge is 0.478 e. The van der Waals surface area contributed by atoms with Crippen molar-refractivity contribution in [2.75, 3.05) is 5.32 Å². The van der Waals surface area contributed by atoms with Crippen molar-refractivity contribution in [1.82, 2.24) is 10.2 Å². The molecule has 7 heteroatoms. The van der Waals surface area contributed by atoms with Gasteiger partial charge < -0.3 is 15.5 Å². The highest BCUT2D eigenvalue weighted by Crippen LogP contribution is 2.32. The number of rotatable bonds is 6. The second kappa shape index (κ2) is 11.8. The van der Waals surface area contributed by atoms with Gasteiger partial charge in [-0.1, -0.05) is 73.9 Å². The third-order valence-electron chi connectivity index (χ3n) is 5.82. The van der Waals surface area contributed by atoms with Crippen LogP contribution in [0.2, 0.25) is 0 Å². The highest BCUT2D eigenvalue weighted by molar-refractivity contribution is 6.00. The number of nitrogens with one attached hydrogen (secondary N) is 1. The van der Waals surface area contributed by atoms with Crippen molar-refractivity contribution in [3.8, 4) is 11.3 Å². The molecule has 4 rings (SSSR count). The fourth-order valence-electron chi connectivity index (χ4n) is 4.13. The second-order valence-corrected chi connectivity index (χ2v) is 8.15. The average molecular weight is 448 g/mol. The molecule has 2 aromatic carbocycles. The van der Waals surface area contributed by atoms with E-state index in [0.29, 0.717) is 18.2 Å². The lowest BCUT2D eigenvalue weighted by molar-refractivity contribution is -0.134. The van der Waals surface area contributed by atoms with Crippen LogP contribution in [0.15, 0.2) is 66.7 Å². The number of carboxylic acids is 2. The topological polar surface area (TPSA) is 112 Å². The van der Waals surface area contributed by atoms with Crippen LogP contribution in [0.1, 0.15) is 39.0 Å². The van der Waals surface area contributed by atoms with E-state index in [-0.39, 0.29) is 0 Å². The van der Waals surface area contributed by atoms with Crippen LogP contribution in [-0.2, 0) is 9.59 Å². The van der Waals surface area contributed by atoms with Crippen molar-refractivity contribution in [3.63, 3.8) is 0 Å². The van der Waals surface area contributed by atoms with Crippen molar-refractivity contribution < 1.29 is 19.8 Å². The maximum Gasteiger partial charge on any atom is 0.328 e. The number of anilines is 1. The van der Waals surface area contributed by atoms with Crippen LogP contribution < -0.4 is 5.32 Å². The van der Waals surface area contributed by atoms with Crippen LogP contribution in [-0.4, -0.2) is 38.4 Å². The summed E-state index contributed by atoms with van der Waals surface area (Å²) in [7, 11) is 0. The lowest BCUT2D eigenvalue weighted by Gasteiger charge is -2.28. The highest BCUT2D eigenvalue weighted by Gasteiger charge is 2.21. The first-order valence-electron chi connectivity index (χ1n) is 11.2. The number of benzene rings is 2. The van der Waals surface area contributed by atoms with Gasteiger partial charge in [0.1, 0.15) is 5.69 Å². The van der Waals surface area contributed by atoms with Gasteiger partial charge in [0.2, 0.25) is 0 Å². The molecule has 0 saturated heterocycles. The molecule has 0 radical (unpaired) electrons. The van der Waals surface area contributed by atoms with Crippen LogP contribution >= 0.6 is 0 Å². The van der Waals surface area contributed by atoms with Gasteiger partial charge in [0.15, 0.2) is 5.82 Å². The first-order valence-corrected chi connectivity index (χ1v) is 11.2. The predicted molar refractivity (Wildman–Crippen MR) is 129 cm³/mol. The van der Waals surface area contributed by atoms with E-state index in [9.17, 15) is 9.59 Å². The number of hydrogen-bond acceptors (Lipinski definition) is 5. The van der Waals surface area contributed by atoms with E-state index in [4.69, 9.17) is 10.2 Å². The summed E-state index contributed by atoms with van der Waals surface area (Å²) in [6, 6.07) is 19.2. The van der Waals surface area contributed by atoms with E-state index < -0.39 is 11.9 Å². The smallest absolute Gasteiger partial charge is 0.328 e. The molecule has 7 nitrogen and oxygen atoms in total. The van der Waals surface area contributed by atoms with E-state index in [1.54, 1.807) is 0 Å². The summed E-state index contributed by atoms with van der Waals surface area (Å²) < 4.78 is 0. The van der Waals surface area contributed by atoms with E-state index in [2.05, 4.69) is 58.8 Å². The van der Waals surface area contributed by atoms with Crippen molar-refractivity contribution in [2.24, 2.45) is 5.92 Å². The average Bonchev–Trinajstić information content (AvgIpc) is 2.84. The Balaban J connectivity index is 0.000000331. The summed E-state index contributed by atoms with van der Waals surface area (Å²) in [4.78, 5) is 19.1. The summed E-state index contributed by atoms with van der Waals surface area (Å²) in [5.41, 5.74) is 2.06. The predicted octanol–water partition coefficient (Wildman–Crippen LogP) is 5.39. The Morgan fingerprint density at radius 2 is 1.45 bits per heavy atom. The Bertz CT molecular complexity index is 1090. The van der Waals surface area contributed by atoms with Crippen LogP contribution in [0.25, 0.3) is 22.0 Å². The minimum absolute atomic E-state index is 0.431. The number of fused-ring (bicyclic) bond motifs is 1. The Hall–Kier alpha value is -3.74. The third-order valence-corrected chi connectivity index (χ3v) is 5.82. The summed E-state index contributed by atoms with van der Waals surface area (Å²) >= 11 is 0. The normalized spacial score (nSPS) is 14.9. The van der Waals surface area contributed by atoms with Crippen molar-refractivity contribution in [3.05, 3.63) is 66.7 Å². The van der Waals surface area contributed by atoms with Crippen molar-refractivity contribution in [2.45, 2.75) is 45.1 Å². The number of nitrogens with zero attached hydrogens (tertiary/aromatic N) is 2. The number of aromatic nitrogens is 2. The fourth-order valence-corrected chi connectivity index (χ4v) is 4.13. The van der Waals surface area contributed by atoms with Gasteiger partial charge in [0.25, 0.3) is 0 Å².